The van der Waals surface area contributed by atoms with Crippen molar-refractivity contribution in [1.82, 2.24) is 19.8 Å². The summed E-state index contributed by atoms with van der Waals surface area (Å²) >= 11 is 0. The third kappa shape index (κ3) is 7.45. The second-order valence-electron chi connectivity index (χ2n) is 12.5. The first kappa shape index (κ1) is 29.5. The van der Waals surface area contributed by atoms with Gasteiger partial charge in [-0.05, 0) is 54.5 Å². The van der Waals surface area contributed by atoms with Crippen molar-refractivity contribution in [3.63, 3.8) is 0 Å². The first-order chi connectivity index (χ1) is 20.3. The number of aromatic nitrogens is 2. The van der Waals surface area contributed by atoms with Crippen molar-refractivity contribution in [3.8, 4) is 0 Å². The Labute approximate surface area is 248 Å². The number of ether oxygens (including phenoxy) is 1. The number of hydrogen-bond acceptors (Lipinski definition) is 5. The fraction of sp³-hybridized carbons (Fsp3) is 0.400. The molecule has 0 saturated carbocycles. The summed E-state index contributed by atoms with van der Waals surface area (Å²) in [4.78, 5) is 34.1. The average molecular weight is 567 g/mol. The Hall–Kier alpha value is -3.97. The fourth-order valence-electron chi connectivity index (χ4n) is 6.02. The number of carbonyl (C=O) groups is 1. The maximum atomic E-state index is 13.9. The molecule has 4 aromatic rings. The van der Waals surface area contributed by atoms with Crippen LogP contribution < -0.4 is 10.9 Å². The Kier molecular flexibility index (Phi) is 9.38. The molecule has 42 heavy (non-hydrogen) atoms. The topological polar surface area (TPSA) is 76.5 Å². The first-order valence-electron chi connectivity index (χ1n) is 15.0. The van der Waals surface area contributed by atoms with Gasteiger partial charge in [-0.25, -0.2) is 9.78 Å². The minimum absolute atomic E-state index is 0.0204. The molecule has 2 heterocycles. The molecule has 1 aromatic heterocycles. The fourth-order valence-corrected chi connectivity index (χ4v) is 6.02. The number of para-hydroxylation sites is 1. The smallest absolute Gasteiger partial charge is 0.407 e. The number of carbonyl (C=O) groups excluding carboxylic acids is 1. The van der Waals surface area contributed by atoms with Crippen LogP contribution in [-0.2, 0) is 24.4 Å². The summed E-state index contributed by atoms with van der Waals surface area (Å²) in [7, 11) is 0. The molecule has 1 aliphatic heterocycles. The molecule has 1 amide bonds. The van der Waals surface area contributed by atoms with Gasteiger partial charge in [0.25, 0.3) is 5.56 Å². The Balaban J connectivity index is 1.42. The van der Waals surface area contributed by atoms with Gasteiger partial charge in [-0.1, -0.05) is 93.6 Å². The van der Waals surface area contributed by atoms with Gasteiger partial charge in [-0.2, -0.15) is 0 Å². The number of amides is 1. The molecular weight excluding hydrogens is 524 g/mol. The molecule has 1 N–H and O–H groups in total. The van der Waals surface area contributed by atoms with Crippen LogP contribution in [0.5, 0.6) is 0 Å². The highest BCUT2D eigenvalue weighted by molar-refractivity contribution is 5.77. The number of likely N-dealkylation sites (tertiary alicyclic amines) is 1. The summed E-state index contributed by atoms with van der Waals surface area (Å²) in [5.41, 5.74) is 2.86. The van der Waals surface area contributed by atoms with Gasteiger partial charge in [0, 0.05) is 31.6 Å². The highest BCUT2D eigenvalue weighted by Gasteiger charge is 2.36. The van der Waals surface area contributed by atoms with E-state index in [1.165, 1.54) is 5.56 Å². The van der Waals surface area contributed by atoms with Gasteiger partial charge in [0.2, 0.25) is 0 Å². The van der Waals surface area contributed by atoms with E-state index in [-0.39, 0.29) is 29.5 Å². The van der Waals surface area contributed by atoms with Crippen molar-refractivity contribution in [3.05, 3.63) is 112 Å². The number of rotatable bonds is 9. The minimum Gasteiger partial charge on any atom is -0.445 e. The molecule has 1 aliphatic rings. The summed E-state index contributed by atoms with van der Waals surface area (Å²) in [6, 6.07) is 27.9. The van der Waals surface area contributed by atoms with Crippen LogP contribution in [0.1, 0.15) is 62.9 Å². The molecule has 0 spiro atoms. The molecule has 0 radical (unpaired) electrons. The number of benzene rings is 3. The van der Waals surface area contributed by atoms with E-state index in [9.17, 15) is 9.59 Å². The van der Waals surface area contributed by atoms with Crippen molar-refractivity contribution in [2.75, 3.05) is 13.1 Å². The average Bonchev–Trinajstić information content (AvgIpc) is 2.99. The van der Waals surface area contributed by atoms with E-state index in [4.69, 9.17) is 9.72 Å². The monoisotopic (exact) mass is 566 g/mol. The zero-order valence-electron chi connectivity index (χ0n) is 25.0. The molecule has 7 nitrogen and oxygen atoms in total. The zero-order chi connectivity index (χ0) is 29.5. The quantitative estimate of drug-likeness (QED) is 0.250. The van der Waals surface area contributed by atoms with Crippen molar-refractivity contribution in [2.45, 2.75) is 71.7 Å². The molecule has 220 valence electrons. The normalized spacial score (nSPS) is 17.7. The molecule has 0 bridgehead atoms. The molecule has 1 fully saturated rings. The molecule has 1 saturated heterocycles. The van der Waals surface area contributed by atoms with Gasteiger partial charge < -0.3 is 10.1 Å². The van der Waals surface area contributed by atoms with Crippen LogP contribution in [0.15, 0.2) is 89.7 Å². The minimum atomic E-state index is -0.422. The summed E-state index contributed by atoms with van der Waals surface area (Å²) in [5, 5.41) is 3.63. The summed E-state index contributed by atoms with van der Waals surface area (Å²) < 4.78 is 7.39. The lowest BCUT2D eigenvalue weighted by molar-refractivity contribution is 0.102. The number of hydrogen-bond donors (Lipinski definition) is 1. The number of nitrogens with one attached hydrogen (secondary N) is 1. The van der Waals surface area contributed by atoms with Gasteiger partial charge in [0.1, 0.15) is 12.4 Å². The maximum absolute atomic E-state index is 13.9. The predicted octanol–water partition coefficient (Wildman–Crippen LogP) is 6.51. The Bertz CT molecular complexity index is 1530. The van der Waals surface area contributed by atoms with Crippen LogP contribution in [0.4, 0.5) is 4.79 Å². The summed E-state index contributed by atoms with van der Waals surface area (Å²) in [6.07, 6.45) is 2.24. The van der Waals surface area contributed by atoms with Crippen LogP contribution in [0.3, 0.4) is 0 Å². The maximum Gasteiger partial charge on any atom is 0.407 e. The highest BCUT2D eigenvalue weighted by Crippen LogP contribution is 2.35. The first-order valence-corrected chi connectivity index (χ1v) is 15.0. The number of nitrogens with zero attached hydrogens (tertiary/aromatic N) is 3. The van der Waals surface area contributed by atoms with Crippen molar-refractivity contribution >= 4 is 17.0 Å². The zero-order valence-corrected chi connectivity index (χ0v) is 25.0. The summed E-state index contributed by atoms with van der Waals surface area (Å²) in [5.74, 6) is 0.896. The standard InChI is InChI=1S/C35H42N4O3/c1-35(2,3)25-39-32(37-30-19-11-10-17-28(30)33(39)40)29-18-12-22-38(23-26-13-6-4-7-14-26)31(29)20-21-36-34(41)42-24-27-15-8-5-9-16-27/h4-11,13-17,19,29,31H,12,18,20-25H2,1-3H3,(H,36,41). The lowest BCUT2D eigenvalue weighted by Crippen LogP contribution is -2.47. The van der Waals surface area contributed by atoms with E-state index in [1.54, 1.807) is 0 Å². The van der Waals surface area contributed by atoms with E-state index >= 15 is 0 Å². The van der Waals surface area contributed by atoms with E-state index in [2.05, 4.69) is 55.3 Å². The molecule has 5 rings (SSSR count). The lowest BCUT2D eigenvalue weighted by Gasteiger charge is -2.42. The van der Waals surface area contributed by atoms with Gasteiger partial charge in [-0.15, -0.1) is 0 Å². The van der Waals surface area contributed by atoms with Crippen LogP contribution >= 0.6 is 0 Å². The second kappa shape index (κ2) is 13.3. The number of alkyl carbamates (subject to hydrolysis) is 1. The Morgan fingerprint density at radius 2 is 1.62 bits per heavy atom. The van der Waals surface area contributed by atoms with Crippen LogP contribution in [0.25, 0.3) is 10.9 Å². The van der Waals surface area contributed by atoms with Crippen LogP contribution in [0.2, 0.25) is 0 Å². The molecule has 2 atom stereocenters. The van der Waals surface area contributed by atoms with Crippen LogP contribution in [-0.4, -0.2) is 39.7 Å². The van der Waals surface area contributed by atoms with Crippen LogP contribution in [0, 0.1) is 5.41 Å². The Morgan fingerprint density at radius 1 is 0.952 bits per heavy atom. The number of fused-ring (bicyclic) bond motifs is 1. The van der Waals surface area contributed by atoms with Crippen molar-refractivity contribution < 1.29 is 9.53 Å². The predicted molar refractivity (Wildman–Crippen MR) is 167 cm³/mol. The van der Waals surface area contributed by atoms with E-state index in [0.717, 1.165) is 49.3 Å². The molecular formula is C35H42N4O3. The summed E-state index contributed by atoms with van der Waals surface area (Å²) in [6.45, 7) is 9.51. The van der Waals surface area contributed by atoms with Gasteiger partial charge in [0.15, 0.2) is 0 Å². The molecule has 0 aliphatic carbocycles. The lowest BCUT2D eigenvalue weighted by atomic mass is 9.85. The Morgan fingerprint density at radius 3 is 2.33 bits per heavy atom. The third-order valence-corrected chi connectivity index (χ3v) is 7.90. The van der Waals surface area contributed by atoms with Gasteiger partial charge in [-0.3, -0.25) is 14.3 Å². The largest absolute Gasteiger partial charge is 0.445 e. The van der Waals surface area contributed by atoms with E-state index in [0.29, 0.717) is 18.5 Å². The van der Waals surface area contributed by atoms with Gasteiger partial charge >= 0.3 is 6.09 Å². The molecule has 2 unspecified atom stereocenters. The van der Waals surface area contributed by atoms with Gasteiger partial charge in [0.05, 0.1) is 10.9 Å². The SMILES string of the molecule is CC(C)(C)Cn1c(C2CCCN(Cc3ccccc3)C2CCNC(=O)OCc2ccccc2)nc2ccccc2c1=O. The van der Waals surface area contributed by atoms with E-state index in [1.807, 2.05) is 65.2 Å². The molecule has 7 heteroatoms. The van der Waals surface area contributed by atoms with Crippen molar-refractivity contribution in [2.24, 2.45) is 5.41 Å². The van der Waals surface area contributed by atoms with Crippen molar-refractivity contribution in [1.29, 1.82) is 0 Å². The molecule has 3 aromatic carbocycles. The second-order valence-corrected chi connectivity index (χ2v) is 12.5. The van der Waals surface area contributed by atoms with E-state index < -0.39 is 6.09 Å². The highest BCUT2D eigenvalue weighted by atomic mass is 16.5. The number of piperidine rings is 1. The third-order valence-electron chi connectivity index (χ3n) is 7.90.